The van der Waals surface area contributed by atoms with Gasteiger partial charge in [-0.15, -0.1) is 0 Å². The van der Waals surface area contributed by atoms with Crippen LogP contribution in [0.3, 0.4) is 0 Å². The Morgan fingerprint density at radius 1 is 1.40 bits per heavy atom. The van der Waals surface area contributed by atoms with Crippen molar-refractivity contribution in [3.8, 4) is 0 Å². The molecule has 0 saturated heterocycles. The Hall–Kier alpha value is -1.75. The molecular weight excluding hydrogens is 252 g/mol. The molecule has 0 radical (unpaired) electrons. The van der Waals surface area contributed by atoms with Crippen LogP contribution in [0.2, 0.25) is 0 Å². The summed E-state index contributed by atoms with van der Waals surface area (Å²) in [5.74, 6) is -0.455. The number of nitrogens with two attached hydrogens (primary N) is 2. The summed E-state index contributed by atoms with van der Waals surface area (Å²) < 4.78 is 0. The first-order valence-electron chi connectivity index (χ1n) is 7.22. The van der Waals surface area contributed by atoms with Crippen LogP contribution in [0.15, 0.2) is 18.2 Å². The average molecular weight is 276 g/mol. The predicted octanol–water partition coefficient (Wildman–Crippen LogP) is 1.65. The van der Waals surface area contributed by atoms with Gasteiger partial charge in [0.25, 0.3) is 5.91 Å². The van der Waals surface area contributed by atoms with Gasteiger partial charge in [0, 0.05) is 19.1 Å². The molecule has 1 aromatic carbocycles. The number of likely N-dealkylation sites (N-methyl/N-ethyl adjacent to an activating group) is 1. The van der Waals surface area contributed by atoms with Crippen molar-refractivity contribution < 1.29 is 4.79 Å². The fraction of sp³-hybridized carbons (Fsp3) is 0.533. The quantitative estimate of drug-likeness (QED) is 0.690. The normalized spacial score (nSPS) is 15.7. The van der Waals surface area contributed by atoms with E-state index in [4.69, 9.17) is 11.5 Å². The van der Waals surface area contributed by atoms with Gasteiger partial charge in [-0.25, -0.2) is 0 Å². The van der Waals surface area contributed by atoms with Gasteiger partial charge in [-0.1, -0.05) is 18.9 Å². The molecule has 1 fully saturated rings. The number of carbonyl (C=O) groups is 1. The molecule has 5 nitrogen and oxygen atoms in total. The number of anilines is 2. The highest BCUT2D eigenvalue weighted by atomic mass is 16.1. The Kier molecular flexibility index (Phi) is 4.84. The van der Waals surface area contributed by atoms with Crippen molar-refractivity contribution in [1.82, 2.24) is 4.90 Å². The van der Waals surface area contributed by atoms with Crippen molar-refractivity contribution in [2.45, 2.75) is 31.7 Å². The maximum Gasteiger partial charge on any atom is 0.250 e. The highest BCUT2D eigenvalue weighted by molar-refractivity contribution is 6.01. The van der Waals surface area contributed by atoms with Gasteiger partial charge in [-0.3, -0.25) is 4.79 Å². The molecule has 20 heavy (non-hydrogen) atoms. The lowest BCUT2D eigenvalue weighted by molar-refractivity contribution is 0.100. The molecule has 0 unspecified atom stereocenters. The van der Waals surface area contributed by atoms with E-state index >= 15 is 0 Å². The van der Waals surface area contributed by atoms with Crippen LogP contribution in [0.25, 0.3) is 0 Å². The number of primary amides is 1. The number of hydrogen-bond donors (Lipinski definition) is 3. The number of nitrogen functional groups attached to an aromatic ring is 1. The molecule has 1 amide bonds. The SMILES string of the molecule is CN(CCNc1c(N)cccc1C(N)=O)C1CCCC1. The highest BCUT2D eigenvalue weighted by Crippen LogP contribution is 2.24. The lowest BCUT2D eigenvalue weighted by atomic mass is 10.1. The summed E-state index contributed by atoms with van der Waals surface area (Å²) >= 11 is 0. The molecular formula is C15H24N4O. The lowest BCUT2D eigenvalue weighted by Crippen LogP contribution is -2.33. The Labute approximate surface area is 120 Å². The molecule has 1 aliphatic carbocycles. The second-order valence-electron chi connectivity index (χ2n) is 5.48. The summed E-state index contributed by atoms with van der Waals surface area (Å²) in [6.45, 7) is 1.68. The van der Waals surface area contributed by atoms with E-state index in [0.29, 0.717) is 23.0 Å². The summed E-state index contributed by atoms with van der Waals surface area (Å²) in [5, 5.41) is 3.25. The number of nitrogens with one attached hydrogen (secondary N) is 1. The third-order valence-electron chi connectivity index (χ3n) is 4.08. The minimum Gasteiger partial charge on any atom is -0.397 e. The summed E-state index contributed by atoms with van der Waals surface area (Å²) in [7, 11) is 2.15. The largest absolute Gasteiger partial charge is 0.397 e. The smallest absolute Gasteiger partial charge is 0.250 e. The molecule has 0 spiro atoms. The first-order valence-corrected chi connectivity index (χ1v) is 7.22. The number of hydrogen-bond acceptors (Lipinski definition) is 4. The average Bonchev–Trinajstić information content (AvgIpc) is 2.94. The maximum absolute atomic E-state index is 11.4. The third kappa shape index (κ3) is 3.42. The Bertz CT molecular complexity index is 469. The van der Waals surface area contributed by atoms with Gasteiger partial charge in [0.15, 0.2) is 0 Å². The summed E-state index contributed by atoms with van der Waals surface area (Å²) in [4.78, 5) is 13.8. The zero-order valence-corrected chi connectivity index (χ0v) is 12.1. The molecule has 2 rings (SSSR count). The van der Waals surface area contributed by atoms with Crippen LogP contribution in [0.1, 0.15) is 36.0 Å². The van der Waals surface area contributed by atoms with Gasteiger partial charge >= 0.3 is 0 Å². The van der Waals surface area contributed by atoms with Crippen LogP contribution in [0, 0.1) is 0 Å². The zero-order chi connectivity index (χ0) is 14.5. The second-order valence-corrected chi connectivity index (χ2v) is 5.48. The van der Waals surface area contributed by atoms with Crippen molar-refractivity contribution in [2.75, 3.05) is 31.2 Å². The third-order valence-corrected chi connectivity index (χ3v) is 4.08. The van der Waals surface area contributed by atoms with Crippen molar-refractivity contribution in [1.29, 1.82) is 0 Å². The van der Waals surface area contributed by atoms with Crippen LogP contribution in [-0.4, -0.2) is 37.0 Å². The van der Waals surface area contributed by atoms with E-state index in [-0.39, 0.29) is 0 Å². The number of nitrogens with zero attached hydrogens (tertiary/aromatic N) is 1. The van der Waals surface area contributed by atoms with Gasteiger partial charge in [-0.2, -0.15) is 0 Å². The van der Waals surface area contributed by atoms with E-state index in [1.807, 2.05) is 0 Å². The number of carbonyl (C=O) groups excluding carboxylic acids is 1. The van der Waals surface area contributed by atoms with E-state index in [9.17, 15) is 4.79 Å². The highest BCUT2D eigenvalue weighted by Gasteiger charge is 2.19. The van der Waals surface area contributed by atoms with Gasteiger partial charge in [0.05, 0.1) is 16.9 Å². The molecule has 110 valence electrons. The predicted molar refractivity (Wildman–Crippen MR) is 82.7 cm³/mol. The number of rotatable bonds is 6. The topological polar surface area (TPSA) is 84.4 Å². The number of benzene rings is 1. The molecule has 1 aliphatic rings. The van der Waals surface area contributed by atoms with Gasteiger partial charge in [-0.05, 0) is 32.0 Å². The van der Waals surface area contributed by atoms with E-state index in [2.05, 4.69) is 17.3 Å². The molecule has 0 atom stereocenters. The Morgan fingerprint density at radius 2 is 2.10 bits per heavy atom. The van der Waals surface area contributed by atoms with Crippen molar-refractivity contribution in [3.63, 3.8) is 0 Å². The maximum atomic E-state index is 11.4. The minimum atomic E-state index is -0.455. The minimum absolute atomic E-state index is 0.452. The first kappa shape index (κ1) is 14.7. The Balaban J connectivity index is 1.92. The van der Waals surface area contributed by atoms with Crippen LogP contribution in [-0.2, 0) is 0 Å². The molecule has 5 heteroatoms. The number of amides is 1. The molecule has 0 aliphatic heterocycles. The molecule has 1 saturated carbocycles. The first-order chi connectivity index (χ1) is 9.59. The Morgan fingerprint density at radius 3 is 2.75 bits per heavy atom. The standard InChI is InChI=1S/C15H24N4O/c1-19(11-5-2-3-6-11)10-9-18-14-12(15(17)20)7-4-8-13(14)16/h4,7-8,11,18H,2-3,5-6,9-10,16H2,1H3,(H2,17,20). The lowest BCUT2D eigenvalue weighted by Gasteiger charge is -2.24. The monoisotopic (exact) mass is 276 g/mol. The van der Waals surface area contributed by atoms with Crippen LogP contribution >= 0.6 is 0 Å². The van der Waals surface area contributed by atoms with Crippen LogP contribution in [0.4, 0.5) is 11.4 Å². The van der Waals surface area contributed by atoms with Gasteiger partial charge in [0.2, 0.25) is 0 Å². The fourth-order valence-electron chi connectivity index (χ4n) is 2.86. The van der Waals surface area contributed by atoms with Crippen LogP contribution < -0.4 is 16.8 Å². The van der Waals surface area contributed by atoms with Gasteiger partial charge in [0.1, 0.15) is 0 Å². The second kappa shape index (κ2) is 6.61. The fourth-order valence-corrected chi connectivity index (χ4v) is 2.86. The molecule has 0 bridgehead atoms. The summed E-state index contributed by atoms with van der Waals surface area (Å²) in [6, 6.07) is 5.91. The van der Waals surface area contributed by atoms with E-state index < -0.39 is 5.91 Å². The van der Waals surface area contributed by atoms with Gasteiger partial charge < -0.3 is 21.7 Å². The zero-order valence-electron chi connectivity index (χ0n) is 12.1. The van der Waals surface area contributed by atoms with Crippen LogP contribution in [0.5, 0.6) is 0 Å². The molecule has 5 N–H and O–H groups in total. The van der Waals surface area contributed by atoms with E-state index in [1.165, 1.54) is 25.7 Å². The van der Waals surface area contributed by atoms with E-state index in [0.717, 1.165) is 13.1 Å². The molecule has 0 aromatic heterocycles. The van der Waals surface area contributed by atoms with E-state index in [1.54, 1.807) is 18.2 Å². The summed E-state index contributed by atoms with van der Waals surface area (Å²) in [6.07, 6.45) is 5.24. The van der Waals surface area contributed by atoms with Crippen molar-refractivity contribution in [2.24, 2.45) is 5.73 Å². The molecule has 0 heterocycles. The van der Waals surface area contributed by atoms with Crippen molar-refractivity contribution in [3.05, 3.63) is 23.8 Å². The van der Waals surface area contributed by atoms with Crippen molar-refractivity contribution >= 4 is 17.3 Å². The number of para-hydroxylation sites is 1. The summed E-state index contributed by atoms with van der Waals surface area (Å²) in [5.41, 5.74) is 12.9. The molecule has 1 aromatic rings.